The van der Waals surface area contributed by atoms with E-state index in [0.29, 0.717) is 17.9 Å². The van der Waals surface area contributed by atoms with Crippen LogP contribution in [0.15, 0.2) is 67.3 Å². The number of benzene rings is 2. The van der Waals surface area contributed by atoms with E-state index in [1.807, 2.05) is 0 Å². The molecule has 7 heteroatoms. The van der Waals surface area contributed by atoms with E-state index in [9.17, 15) is 17.3 Å². The van der Waals surface area contributed by atoms with Gasteiger partial charge in [-0.05, 0) is 24.3 Å². The third kappa shape index (κ3) is 6.47. The van der Waals surface area contributed by atoms with Gasteiger partial charge in [-0.15, -0.1) is 0 Å². The van der Waals surface area contributed by atoms with Gasteiger partial charge in [-0.3, -0.25) is 0 Å². The molecule has 0 bridgehead atoms. The van der Waals surface area contributed by atoms with Gasteiger partial charge in [0.2, 0.25) is 6.33 Å². The summed E-state index contributed by atoms with van der Waals surface area (Å²) in [5.41, 5.74) is 5.47. The highest BCUT2D eigenvalue weighted by Gasteiger charge is 2.22. The predicted octanol–water partition coefficient (Wildman–Crippen LogP) is 6.92. The summed E-state index contributed by atoms with van der Waals surface area (Å²) in [7, 11) is -6.00. The van der Waals surface area contributed by atoms with Gasteiger partial charge in [0, 0.05) is 11.1 Å². The van der Waals surface area contributed by atoms with Crippen molar-refractivity contribution < 1.29 is 21.8 Å². The first-order chi connectivity index (χ1) is 14.0. The summed E-state index contributed by atoms with van der Waals surface area (Å²) in [6, 6.07) is 17.7. The molecule has 0 amide bonds. The highest BCUT2D eigenvalue weighted by molar-refractivity contribution is 6.50. The lowest BCUT2D eigenvalue weighted by Gasteiger charge is -2.16. The molecule has 1 aromatic heterocycles. The molecule has 0 spiro atoms. The average molecular weight is 420 g/mol. The fourth-order valence-electron chi connectivity index (χ4n) is 3.44. The van der Waals surface area contributed by atoms with E-state index in [1.165, 1.54) is 22.4 Å². The number of imidazole rings is 1. The van der Waals surface area contributed by atoms with E-state index in [0.717, 1.165) is 0 Å². The molecule has 0 saturated carbocycles. The minimum Gasteiger partial charge on any atom is -0.418 e. The Hall–Kier alpha value is -2.57. The summed E-state index contributed by atoms with van der Waals surface area (Å²) in [6.45, 7) is 11.3. The Labute approximate surface area is 176 Å². The van der Waals surface area contributed by atoms with Crippen LogP contribution in [-0.4, -0.2) is 11.8 Å². The van der Waals surface area contributed by atoms with Crippen LogP contribution in [0.1, 0.15) is 69.2 Å². The van der Waals surface area contributed by atoms with Crippen molar-refractivity contribution in [3.63, 3.8) is 0 Å². The third-order valence-electron chi connectivity index (χ3n) is 4.99. The zero-order valence-electron chi connectivity index (χ0n) is 18.1. The zero-order chi connectivity index (χ0) is 22.5. The average Bonchev–Trinajstić information content (AvgIpc) is 3.16. The van der Waals surface area contributed by atoms with Crippen LogP contribution < -0.4 is 4.57 Å². The van der Waals surface area contributed by atoms with Crippen LogP contribution in [0, 0.1) is 0 Å². The summed E-state index contributed by atoms with van der Waals surface area (Å²) in [4.78, 5) is 0. The standard InChI is InChI=1S/C23H29N2.BF4/c1-17(2)21-12-9-13-22(18(3)4)23(21)25-15-14-24(16-25)19(5)20-10-7-6-8-11-20;2-1(3,4)5/h6-19H,1-5H3;/q+1;-1. The molecule has 3 rings (SSSR count). The van der Waals surface area contributed by atoms with Gasteiger partial charge >= 0.3 is 7.25 Å². The van der Waals surface area contributed by atoms with Gasteiger partial charge in [0.05, 0.1) is 0 Å². The van der Waals surface area contributed by atoms with E-state index in [-0.39, 0.29) is 0 Å². The smallest absolute Gasteiger partial charge is 0.418 e. The summed E-state index contributed by atoms with van der Waals surface area (Å²) >= 11 is 0. The highest BCUT2D eigenvalue weighted by atomic mass is 19.5. The van der Waals surface area contributed by atoms with E-state index in [2.05, 4.69) is 111 Å². The van der Waals surface area contributed by atoms with Crippen LogP contribution >= 0.6 is 0 Å². The van der Waals surface area contributed by atoms with E-state index < -0.39 is 7.25 Å². The molecule has 0 fully saturated rings. The van der Waals surface area contributed by atoms with Gasteiger partial charge in [-0.25, -0.2) is 9.13 Å². The molecule has 1 atom stereocenters. The molecule has 0 N–H and O–H groups in total. The number of halogens is 4. The van der Waals surface area contributed by atoms with Gasteiger partial charge in [0.15, 0.2) is 0 Å². The summed E-state index contributed by atoms with van der Waals surface area (Å²) in [5, 5.41) is 0. The van der Waals surface area contributed by atoms with Crippen molar-refractivity contribution in [2.75, 3.05) is 0 Å². The lowest BCUT2D eigenvalue weighted by Crippen LogP contribution is -2.36. The minimum absolute atomic E-state index is 0.316. The van der Waals surface area contributed by atoms with Crippen molar-refractivity contribution in [1.82, 2.24) is 4.57 Å². The lowest BCUT2D eigenvalue weighted by molar-refractivity contribution is -0.709. The molecule has 0 aliphatic heterocycles. The van der Waals surface area contributed by atoms with Gasteiger partial charge in [0.1, 0.15) is 24.1 Å². The molecule has 162 valence electrons. The fraction of sp³-hybridized carbons (Fsp3) is 0.348. The van der Waals surface area contributed by atoms with Crippen LogP contribution in [0.25, 0.3) is 5.69 Å². The van der Waals surface area contributed by atoms with E-state index >= 15 is 0 Å². The Morgan fingerprint density at radius 1 is 0.767 bits per heavy atom. The van der Waals surface area contributed by atoms with Crippen LogP contribution in [0.2, 0.25) is 0 Å². The first kappa shape index (κ1) is 23.7. The molecular weight excluding hydrogens is 391 g/mol. The Morgan fingerprint density at radius 2 is 1.27 bits per heavy atom. The van der Waals surface area contributed by atoms with Gasteiger partial charge in [-0.2, -0.15) is 0 Å². The second-order valence-corrected chi connectivity index (χ2v) is 7.94. The Morgan fingerprint density at radius 3 is 1.73 bits per heavy atom. The summed E-state index contributed by atoms with van der Waals surface area (Å²) < 4.78 is 43.6. The quantitative estimate of drug-likeness (QED) is 0.241. The molecule has 30 heavy (non-hydrogen) atoms. The van der Waals surface area contributed by atoms with Crippen molar-refractivity contribution in [2.24, 2.45) is 0 Å². The number of nitrogens with zero attached hydrogens (tertiary/aromatic N) is 2. The molecule has 2 aromatic carbocycles. The Kier molecular flexibility index (Phi) is 7.87. The second-order valence-electron chi connectivity index (χ2n) is 7.94. The maximum absolute atomic E-state index is 9.75. The van der Waals surface area contributed by atoms with Gasteiger partial charge < -0.3 is 17.3 Å². The maximum atomic E-state index is 9.75. The first-order valence-electron chi connectivity index (χ1n) is 10.1. The number of rotatable bonds is 5. The third-order valence-corrected chi connectivity index (χ3v) is 4.99. The molecule has 0 radical (unpaired) electrons. The fourth-order valence-corrected chi connectivity index (χ4v) is 3.44. The monoisotopic (exact) mass is 420 g/mol. The van der Waals surface area contributed by atoms with Crippen LogP contribution in [0.3, 0.4) is 0 Å². The van der Waals surface area contributed by atoms with Crippen molar-refractivity contribution in [2.45, 2.75) is 52.5 Å². The zero-order valence-corrected chi connectivity index (χ0v) is 18.1. The van der Waals surface area contributed by atoms with E-state index in [1.54, 1.807) is 0 Å². The highest BCUT2D eigenvalue weighted by Crippen LogP contribution is 2.30. The van der Waals surface area contributed by atoms with Crippen molar-refractivity contribution in [3.05, 3.63) is 83.9 Å². The van der Waals surface area contributed by atoms with Crippen LogP contribution in [0.5, 0.6) is 0 Å². The maximum Gasteiger partial charge on any atom is 0.673 e. The second kappa shape index (κ2) is 9.96. The van der Waals surface area contributed by atoms with Gasteiger partial charge in [0.25, 0.3) is 0 Å². The number of hydrogen-bond acceptors (Lipinski definition) is 0. The van der Waals surface area contributed by atoms with Gasteiger partial charge in [-0.1, -0.05) is 76.2 Å². The largest absolute Gasteiger partial charge is 0.673 e. The molecule has 1 heterocycles. The minimum atomic E-state index is -6.00. The molecule has 3 aromatic rings. The number of aromatic nitrogens is 2. The molecule has 2 nitrogen and oxygen atoms in total. The normalized spacial score (nSPS) is 12.6. The van der Waals surface area contributed by atoms with Crippen molar-refractivity contribution in [1.29, 1.82) is 0 Å². The number of para-hydroxylation sites is 1. The molecular formula is C23H29BF4N2. The van der Waals surface area contributed by atoms with Crippen molar-refractivity contribution >= 4 is 7.25 Å². The lowest BCUT2D eigenvalue weighted by atomic mass is 9.92. The summed E-state index contributed by atoms with van der Waals surface area (Å²) in [5.74, 6) is 0.993. The first-order valence-corrected chi connectivity index (χ1v) is 10.1. The van der Waals surface area contributed by atoms with Crippen LogP contribution in [0.4, 0.5) is 17.3 Å². The molecule has 0 saturated heterocycles. The Balaban J connectivity index is 0.000000575. The molecule has 0 aliphatic carbocycles. The predicted molar refractivity (Wildman–Crippen MR) is 115 cm³/mol. The SMILES string of the molecule is CC(C)c1cccc(C(C)C)c1-n1cc[n+](C(C)c2ccccc2)c1.F[B-](F)(F)F. The molecule has 1 unspecified atom stereocenters. The van der Waals surface area contributed by atoms with Crippen LogP contribution in [-0.2, 0) is 0 Å². The number of hydrogen-bond donors (Lipinski definition) is 0. The topological polar surface area (TPSA) is 8.81 Å². The van der Waals surface area contributed by atoms with Crippen molar-refractivity contribution in [3.8, 4) is 5.69 Å². The summed E-state index contributed by atoms with van der Waals surface area (Å²) in [6.07, 6.45) is 6.59. The molecule has 0 aliphatic rings. The Bertz CT molecular complexity index is 902. The van der Waals surface area contributed by atoms with E-state index in [4.69, 9.17) is 0 Å².